The highest BCUT2D eigenvalue weighted by molar-refractivity contribution is 5.78. The number of carbonyl (C=O) groups excluding carboxylic acids is 1. The second-order valence-electron chi connectivity index (χ2n) is 4.24. The number of hydrogen-bond acceptors (Lipinski definition) is 3. The van der Waals surface area contributed by atoms with E-state index in [2.05, 4.69) is 5.32 Å². The fourth-order valence-corrected chi connectivity index (χ4v) is 1.16. The average molecular weight is 230 g/mol. The van der Waals surface area contributed by atoms with Crippen molar-refractivity contribution < 1.29 is 14.7 Å². The summed E-state index contributed by atoms with van der Waals surface area (Å²) in [4.78, 5) is 22.3. The number of rotatable bonds is 8. The van der Waals surface area contributed by atoms with Gasteiger partial charge in [-0.05, 0) is 32.7 Å². The van der Waals surface area contributed by atoms with Crippen LogP contribution in [0, 0.1) is 5.41 Å². The smallest absolute Gasteiger partial charge is 0.311 e. The molecule has 0 aromatic rings. The molecule has 0 saturated carbocycles. The maximum absolute atomic E-state index is 11.4. The van der Waals surface area contributed by atoms with Crippen LogP contribution in [0.2, 0.25) is 0 Å². The molecule has 1 unspecified atom stereocenters. The van der Waals surface area contributed by atoms with Crippen molar-refractivity contribution in [2.24, 2.45) is 11.1 Å². The number of hydrogen-bond donors (Lipinski definition) is 3. The summed E-state index contributed by atoms with van der Waals surface area (Å²) in [6.45, 7) is 4.19. The van der Waals surface area contributed by atoms with Gasteiger partial charge >= 0.3 is 5.97 Å². The quantitative estimate of drug-likeness (QED) is 0.536. The lowest BCUT2D eigenvalue weighted by molar-refractivity contribution is -0.148. The van der Waals surface area contributed by atoms with Gasteiger partial charge in [0.25, 0.3) is 0 Å². The number of amides is 1. The van der Waals surface area contributed by atoms with Crippen LogP contribution in [-0.2, 0) is 9.59 Å². The summed E-state index contributed by atoms with van der Waals surface area (Å²) in [6.07, 6.45) is 2.47. The highest BCUT2D eigenvalue weighted by atomic mass is 16.4. The number of aliphatic carboxylic acids is 1. The van der Waals surface area contributed by atoms with Crippen LogP contribution in [0.5, 0.6) is 0 Å². The van der Waals surface area contributed by atoms with Gasteiger partial charge < -0.3 is 16.2 Å². The van der Waals surface area contributed by atoms with Crippen molar-refractivity contribution in [3.8, 4) is 0 Å². The predicted molar refractivity (Wildman–Crippen MR) is 61.9 cm³/mol. The first-order valence-electron chi connectivity index (χ1n) is 5.66. The third-order valence-electron chi connectivity index (χ3n) is 2.83. The molecule has 5 nitrogen and oxygen atoms in total. The van der Waals surface area contributed by atoms with E-state index in [1.165, 1.54) is 0 Å². The van der Waals surface area contributed by atoms with E-state index < -0.39 is 11.4 Å². The van der Waals surface area contributed by atoms with Gasteiger partial charge in [-0.15, -0.1) is 0 Å². The molecule has 0 radical (unpaired) electrons. The summed E-state index contributed by atoms with van der Waals surface area (Å²) in [5.74, 6) is -0.980. The highest BCUT2D eigenvalue weighted by Crippen LogP contribution is 2.19. The van der Waals surface area contributed by atoms with Crippen LogP contribution in [0.3, 0.4) is 0 Å². The van der Waals surface area contributed by atoms with Crippen molar-refractivity contribution in [3.63, 3.8) is 0 Å². The van der Waals surface area contributed by atoms with E-state index in [1.807, 2.05) is 0 Å². The van der Waals surface area contributed by atoms with Crippen LogP contribution in [-0.4, -0.2) is 30.1 Å². The minimum absolute atomic E-state index is 0.102. The lowest BCUT2D eigenvalue weighted by atomic mass is 9.87. The summed E-state index contributed by atoms with van der Waals surface area (Å²) in [5.41, 5.74) is 4.44. The SMILES string of the molecule is CCC(C)(CNC(=O)CCCCN)C(=O)O. The molecule has 1 atom stereocenters. The van der Waals surface area contributed by atoms with E-state index in [0.717, 1.165) is 12.8 Å². The lowest BCUT2D eigenvalue weighted by Gasteiger charge is -2.23. The van der Waals surface area contributed by atoms with Crippen LogP contribution < -0.4 is 11.1 Å². The predicted octanol–water partition coefficient (Wildman–Crippen LogP) is 0.733. The molecule has 4 N–H and O–H groups in total. The number of nitrogens with two attached hydrogens (primary N) is 1. The summed E-state index contributed by atoms with van der Waals surface area (Å²) in [7, 11) is 0. The molecule has 0 saturated heterocycles. The number of unbranched alkanes of at least 4 members (excludes halogenated alkanes) is 1. The Labute approximate surface area is 96.4 Å². The van der Waals surface area contributed by atoms with Gasteiger partial charge in [-0.25, -0.2) is 0 Å². The second kappa shape index (κ2) is 7.22. The molecule has 94 valence electrons. The van der Waals surface area contributed by atoms with E-state index in [1.54, 1.807) is 13.8 Å². The van der Waals surface area contributed by atoms with E-state index in [9.17, 15) is 9.59 Å². The summed E-state index contributed by atoms with van der Waals surface area (Å²) in [6, 6.07) is 0. The van der Waals surface area contributed by atoms with Gasteiger partial charge in [-0.2, -0.15) is 0 Å². The second-order valence-corrected chi connectivity index (χ2v) is 4.24. The van der Waals surface area contributed by atoms with E-state index in [-0.39, 0.29) is 12.5 Å². The van der Waals surface area contributed by atoms with Crippen molar-refractivity contribution in [3.05, 3.63) is 0 Å². The molecule has 0 aliphatic heterocycles. The molecule has 0 heterocycles. The number of carbonyl (C=O) groups is 2. The Morgan fingerprint density at radius 2 is 2.00 bits per heavy atom. The van der Waals surface area contributed by atoms with E-state index in [4.69, 9.17) is 10.8 Å². The zero-order chi connectivity index (χ0) is 12.6. The molecular formula is C11H22N2O3. The van der Waals surface area contributed by atoms with Gasteiger partial charge in [-0.1, -0.05) is 6.92 Å². The van der Waals surface area contributed by atoms with Crippen LogP contribution >= 0.6 is 0 Å². The first-order valence-corrected chi connectivity index (χ1v) is 5.66. The van der Waals surface area contributed by atoms with Crippen LogP contribution in [0.4, 0.5) is 0 Å². The lowest BCUT2D eigenvalue weighted by Crippen LogP contribution is -2.40. The topological polar surface area (TPSA) is 92.4 Å². The van der Waals surface area contributed by atoms with Crippen molar-refractivity contribution in [1.82, 2.24) is 5.32 Å². The Kier molecular flexibility index (Phi) is 6.72. The third-order valence-corrected chi connectivity index (χ3v) is 2.83. The largest absolute Gasteiger partial charge is 0.481 e. The van der Waals surface area contributed by atoms with Gasteiger partial charge in [-0.3, -0.25) is 9.59 Å². The maximum Gasteiger partial charge on any atom is 0.311 e. The maximum atomic E-state index is 11.4. The van der Waals surface area contributed by atoms with Gasteiger partial charge in [0.2, 0.25) is 5.91 Å². The molecule has 0 aliphatic carbocycles. The summed E-state index contributed by atoms with van der Waals surface area (Å²) in [5, 5.41) is 11.6. The standard InChI is InChI=1S/C11H22N2O3/c1-3-11(2,10(15)16)8-13-9(14)6-4-5-7-12/h3-8,12H2,1-2H3,(H,13,14)(H,15,16). The van der Waals surface area contributed by atoms with Crippen molar-refractivity contribution in [1.29, 1.82) is 0 Å². The molecule has 0 spiro atoms. The monoisotopic (exact) mass is 230 g/mol. The van der Waals surface area contributed by atoms with Gasteiger partial charge in [0.05, 0.1) is 5.41 Å². The zero-order valence-corrected chi connectivity index (χ0v) is 10.1. The van der Waals surface area contributed by atoms with Crippen LogP contribution in [0.25, 0.3) is 0 Å². The Balaban J connectivity index is 3.93. The fourth-order valence-electron chi connectivity index (χ4n) is 1.16. The molecule has 0 aromatic heterocycles. The Morgan fingerprint density at radius 1 is 1.38 bits per heavy atom. The number of carboxylic acids is 1. The van der Waals surface area contributed by atoms with Gasteiger partial charge in [0, 0.05) is 13.0 Å². The van der Waals surface area contributed by atoms with E-state index in [0.29, 0.717) is 19.4 Å². The first-order chi connectivity index (χ1) is 7.46. The normalized spacial score (nSPS) is 14.2. The Morgan fingerprint density at radius 3 is 2.44 bits per heavy atom. The molecule has 0 fully saturated rings. The van der Waals surface area contributed by atoms with Crippen LogP contribution in [0.15, 0.2) is 0 Å². The zero-order valence-electron chi connectivity index (χ0n) is 10.1. The molecule has 0 rings (SSSR count). The number of carboxylic acid groups (broad SMARTS) is 1. The first kappa shape index (κ1) is 14.9. The van der Waals surface area contributed by atoms with E-state index >= 15 is 0 Å². The Hall–Kier alpha value is -1.10. The minimum atomic E-state index is -0.878. The van der Waals surface area contributed by atoms with Crippen molar-refractivity contribution in [2.45, 2.75) is 39.5 Å². The van der Waals surface area contributed by atoms with Crippen molar-refractivity contribution in [2.75, 3.05) is 13.1 Å². The average Bonchev–Trinajstić information content (AvgIpc) is 2.26. The summed E-state index contributed by atoms with van der Waals surface area (Å²) >= 11 is 0. The minimum Gasteiger partial charge on any atom is -0.481 e. The highest BCUT2D eigenvalue weighted by Gasteiger charge is 2.31. The van der Waals surface area contributed by atoms with Gasteiger partial charge in [0.15, 0.2) is 0 Å². The van der Waals surface area contributed by atoms with Gasteiger partial charge in [0.1, 0.15) is 0 Å². The molecule has 0 aliphatic rings. The fraction of sp³-hybridized carbons (Fsp3) is 0.818. The molecule has 16 heavy (non-hydrogen) atoms. The van der Waals surface area contributed by atoms with Crippen LogP contribution in [0.1, 0.15) is 39.5 Å². The molecule has 1 amide bonds. The van der Waals surface area contributed by atoms with Crippen molar-refractivity contribution >= 4 is 11.9 Å². The Bertz CT molecular complexity index is 243. The number of nitrogens with one attached hydrogen (secondary N) is 1. The molecule has 5 heteroatoms. The molecule has 0 bridgehead atoms. The molecular weight excluding hydrogens is 208 g/mol. The molecule has 0 aromatic carbocycles. The third kappa shape index (κ3) is 5.11. The summed E-state index contributed by atoms with van der Waals surface area (Å²) < 4.78 is 0.